The highest BCUT2D eigenvalue weighted by atomic mass is 16.2. The predicted octanol–water partition coefficient (Wildman–Crippen LogP) is -0.0828. The summed E-state index contributed by atoms with van der Waals surface area (Å²) < 4.78 is 1.85. The van der Waals surface area contributed by atoms with E-state index in [9.17, 15) is 4.79 Å². The smallest absolute Gasteiger partial charge is 0.236 e. The van der Waals surface area contributed by atoms with Gasteiger partial charge >= 0.3 is 0 Å². The summed E-state index contributed by atoms with van der Waals surface area (Å²) in [6.07, 6.45) is 5.17. The molecule has 0 radical (unpaired) electrons. The van der Waals surface area contributed by atoms with Crippen LogP contribution in [-0.4, -0.2) is 45.2 Å². The van der Waals surface area contributed by atoms with Gasteiger partial charge in [-0.1, -0.05) is 0 Å². The molecule has 1 aromatic heterocycles. The van der Waals surface area contributed by atoms with Crippen molar-refractivity contribution in [3.63, 3.8) is 0 Å². The molecule has 2 rings (SSSR count). The Morgan fingerprint density at radius 3 is 2.82 bits per heavy atom. The standard InChI is InChI=1S/C11H19N5O/c1-15-9-13-14-10(15)7-12-8-11(17)16-5-3-2-4-6-16/h9,12H,2-8H2,1H3. The maximum Gasteiger partial charge on any atom is 0.236 e. The van der Waals surface area contributed by atoms with Crippen molar-refractivity contribution >= 4 is 5.91 Å². The third-order valence-corrected chi connectivity index (χ3v) is 3.07. The lowest BCUT2D eigenvalue weighted by Gasteiger charge is -2.26. The van der Waals surface area contributed by atoms with Crippen LogP contribution in [0.25, 0.3) is 0 Å². The van der Waals surface area contributed by atoms with E-state index in [0.717, 1.165) is 31.8 Å². The van der Waals surface area contributed by atoms with Gasteiger partial charge in [-0.3, -0.25) is 4.79 Å². The second-order valence-electron chi connectivity index (χ2n) is 4.40. The lowest BCUT2D eigenvalue weighted by atomic mass is 10.1. The Hall–Kier alpha value is -1.43. The lowest BCUT2D eigenvalue weighted by molar-refractivity contribution is -0.131. The summed E-state index contributed by atoms with van der Waals surface area (Å²) in [7, 11) is 1.89. The van der Waals surface area contributed by atoms with Crippen molar-refractivity contribution in [1.82, 2.24) is 25.0 Å². The maximum absolute atomic E-state index is 11.8. The first kappa shape index (κ1) is 12.0. The fourth-order valence-corrected chi connectivity index (χ4v) is 2.00. The van der Waals surface area contributed by atoms with E-state index in [4.69, 9.17) is 0 Å². The van der Waals surface area contributed by atoms with E-state index in [0.29, 0.717) is 13.1 Å². The topological polar surface area (TPSA) is 63.1 Å². The van der Waals surface area contributed by atoms with Gasteiger partial charge in [0.2, 0.25) is 5.91 Å². The molecule has 0 unspecified atom stereocenters. The summed E-state index contributed by atoms with van der Waals surface area (Å²) in [5.41, 5.74) is 0. The van der Waals surface area contributed by atoms with Crippen LogP contribution in [0.1, 0.15) is 25.1 Å². The molecular formula is C11H19N5O. The van der Waals surface area contributed by atoms with Crippen LogP contribution >= 0.6 is 0 Å². The molecule has 17 heavy (non-hydrogen) atoms. The second kappa shape index (κ2) is 5.77. The number of aryl methyl sites for hydroxylation is 1. The van der Waals surface area contributed by atoms with Gasteiger partial charge in [0.1, 0.15) is 12.2 Å². The highest BCUT2D eigenvalue weighted by molar-refractivity contribution is 5.78. The van der Waals surface area contributed by atoms with Gasteiger partial charge in [-0.2, -0.15) is 0 Å². The van der Waals surface area contributed by atoms with Crippen LogP contribution in [0.2, 0.25) is 0 Å². The summed E-state index contributed by atoms with van der Waals surface area (Å²) in [5, 5.41) is 10.8. The molecule has 1 fully saturated rings. The monoisotopic (exact) mass is 237 g/mol. The van der Waals surface area contributed by atoms with E-state index in [-0.39, 0.29) is 5.91 Å². The first-order valence-electron chi connectivity index (χ1n) is 6.09. The zero-order valence-corrected chi connectivity index (χ0v) is 10.2. The first-order chi connectivity index (χ1) is 8.27. The molecular weight excluding hydrogens is 218 g/mol. The van der Waals surface area contributed by atoms with Crippen molar-refractivity contribution < 1.29 is 4.79 Å². The van der Waals surface area contributed by atoms with E-state index in [1.54, 1.807) is 6.33 Å². The SMILES string of the molecule is Cn1cnnc1CNCC(=O)N1CCCCC1. The average molecular weight is 237 g/mol. The zero-order chi connectivity index (χ0) is 12.1. The van der Waals surface area contributed by atoms with Crippen LogP contribution < -0.4 is 5.32 Å². The Balaban J connectivity index is 1.71. The molecule has 1 N–H and O–H groups in total. The van der Waals surface area contributed by atoms with Gasteiger partial charge in [0.25, 0.3) is 0 Å². The molecule has 0 atom stereocenters. The van der Waals surface area contributed by atoms with Gasteiger partial charge in [-0.15, -0.1) is 10.2 Å². The molecule has 6 nitrogen and oxygen atoms in total. The largest absolute Gasteiger partial charge is 0.342 e. The number of hydrogen-bond donors (Lipinski definition) is 1. The number of nitrogens with one attached hydrogen (secondary N) is 1. The van der Waals surface area contributed by atoms with Crippen LogP contribution in [0.3, 0.4) is 0 Å². The van der Waals surface area contributed by atoms with E-state index in [1.807, 2.05) is 16.5 Å². The number of likely N-dealkylation sites (tertiary alicyclic amines) is 1. The van der Waals surface area contributed by atoms with Gasteiger partial charge in [0, 0.05) is 20.1 Å². The van der Waals surface area contributed by atoms with Gasteiger partial charge in [-0.25, -0.2) is 0 Å². The number of nitrogens with zero attached hydrogens (tertiary/aromatic N) is 4. The molecule has 2 heterocycles. The van der Waals surface area contributed by atoms with Crippen LogP contribution in [-0.2, 0) is 18.4 Å². The molecule has 1 aromatic rings. The minimum Gasteiger partial charge on any atom is -0.342 e. The number of rotatable bonds is 4. The van der Waals surface area contributed by atoms with Crippen LogP contribution in [0.15, 0.2) is 6.33 Å². The molecule has 0 saturated carbocycles. The number of aromatic nitrogens is 3. The Kier molecular flexibility index (Phi) is 4.08. The zero-order valence-electron chi connectivity index (χ0n) is 10.2. The molecule has 1 amide bonds. The summed E-state index contributed by atoms with van der Waals surface area (Å²) in [4.78, 5) is 13.8. The van der Waals surface area contributed by atoms with E-state index >= 15 is 0 Å². The minimum absolute atomic E-state index is 0.187. The normalized spacial score (nSPS) is 16.2. The third-order valence-electron chi connectivity index (χ3n) is 3.07. The summed E-state index contributed by atoms with van der Waals surface area (Å²) in [5.74, 6) is 1.03. The quantitative estimate of drug-likeness (QED) is 0.795. The number of carbonyl (C=O) groups is 1. The molecule has 1 aliphatic heterocycles. The number of piperidine rings is 1. The Morgan fingerprint density at radius 1 is 1.41 bits per heavy atom. The van der Waals surface area contributed by atoms with E-state index in [2.05, 4.69) is 15.5 Å². The number of hydrogen-bond acceptors (Lipinski definition) is 4. The molecule has 1 aliphatic rings. The number of amides is 1. The van der Waals surface area contributed by atoms with Crippen molar-refractivity contribution in [2.75, 3.05) is 19.6 Å². The molecule has 0 aromatic carbocycles. The van der Waals surface area contributed by atoms with Crippen molar-refractivity contribution in [3.8, 4) is 0 Å². The van der Waals surface area contributed by atoms with Gasteiger partial charge in [0.15, 0.2) is 0 Å². The van der Waals surface area contributed by atoms with Crippen molar-refractivity contribution in [2.45, 2.75) is 25.8 Å². The fraction of sp³-hybridized carbons (Fsp3) is 0.727. The van der Waals surface area contributed by atoms with Crippen molar-refractivity contribution in [1.29, 1.82) is 0 Å². The first-order valence-corrected chi connectivity index (χ1v) is 6.09. The Morgan fingerprint density at radius 2 is 2.18 bits per heavy atom. The molecule has 0 bridgehead atoms. The van der Waals surface area contributed by atoms with E-state index < -0.39 is 0 Å². The fourth-order valence-electron chi connectivity index (χ4n) is 2.00. The minimum atomic E-state index is 0.187. The average Bonchev–Trinajstić information content (AvgIpc) is 2.76. The van der Waals surface area contributed by atoms with Crippen molar-refractivity contribution in [3.05, 3.63) is 12.2 Å². The highest BCUT2D eigenvalue weighted by Gasteiger charge is 2.15. The molecule has 94 valence electrons. The Labute approximate surface area is 101 Å². The highest BCUT2D eigenvalue weighted by Crippen LogP contribution is 2.08. The predicted molar refractivity (Wildman–Crippen MR) is 63.1 cm³/mol. The molecule has 0 spiro atoms. The number of carbonyl (C=O) groups excluding carboxylic acids is 1. The lowest BCUT2D eigenvalue weighted by Crippen LogP contribution is -2.41. The van der Waals surface area contributed by atoms with Gasteiger partial charge < -0.3 is 14.8 Å². The maximum atomic E-state index is 11.8. The van der Waals surface area contributed by atoms with Crippen molar-refractivity contribution in [2.24, 2.45) is 7.05 Å². The summed E-state index contributed by atoms with van der Waals surface area (Å²) >= 11 is 0. The Bertz CT molecular complexity index is 370. The third kappa shape index (κ3) is 3.26. The van der Waals surface area contributed by atoms with E-state index in [1.165, 1.54) is 6.42 Å². The molecule has 6 heteroatoms. The van der Waals surface area contributed by atoms with Crippen LogP contribution in [0.5, 0.6) is 0 Å². The summed E-state index contributed by atoms with van der Waals surface area (Å²) in [6, 6.07) is 0. The van der Waals surface area contributed by atoms with Gasteiger partial charge in [0.05, 0.1) is 13.1 Å². The molecule has 0 aliphatic carbocycles. The van der Waals surface area contributed by atoms with Gasteiger partial charge in [-0.05, 0) is 19.3 Å². The van der Waals surface area contributed by atoms with Crippen LogP contribution in [0, 0.1) is 0 Å². The second-order valence-corrected chi connectivity index (χ2v) is 4.40. The summed E-state index contributed by atoms with van der Waals surface area (Å²) in [6.45, 7) is 2.78. The van der Waals surface area contributed by atoms with Crippen LogP contribution in [0.4, 0.5) is 0 Å². The molecule has 1 saturated heterocycles.